The van der Waals surface area contributed by atoms with Crippen molar-refractivity contribution in [1.29, 1.82) is 0 Å². The monoisotopic (exact) mass is 578 g/mol. The Morgan fingerprint density at radius 2 is 1.92 bits per heavy atom. The van der Waals surface area contributed by atoms with E-state index in [1.54, 1.807) is 19.2 Å². The first-order chi connectivity index (χ1) is 18.1. The summed E-state index contributed by atoms with van der Waals surface area (Å²) in [5.74, 6) is 1.43. The molecule has 1 aromatic heterocycles. The molecule has 6 nitrogen and oxygen atoms in total. The first-order valence-corrected chi connectivity index (χ1v) is 14.0. The summed E-state index contributed by atoms with van der Waals surface area (Å²) in [5.41, 5.74) is 4.54. The minimum atomic E-state index is -0.375. The second-order valence-corrected chi connectivity index (χ2v) is 11.1. The molecule has 8 heteroatoms. The van der Waals surface area contributed by atoms with Crippen LogP contribution in [0.1, 0.15) is 11.1 Å². The molecule has 0 spiro atoms. The first kappa shape index (κ1) is 25.0. The fourth-order valence-corrected chi connectivity index (χ4v) is 6.94. The number of anilines is 1. The molecular formula is C29H25ClN3O3Se+. The van der Waals surface area contributed by atoms with Crippen molar-refractivity contribution in [1.82, 2.24) is 0 Å². The van der Waals surface area contributed by atoms with Gasteiger partial charge >= 0.3 is 207 Å². The number of fused-ring (bicyclic) bond motifs is 2. The van der Waals surface area contributed by atoms with Gasteiger partial charge in [0.05, 0.1) is 4.92 Å². The van der Waals surface area contributed by atoms with E-state index in [1.807, 2.05) is 30.3 Å². The summed E-state index contributed by atoms with van der Waals surface area (Å²) in [6, 6.07) is 23.4. The van der Waals surface area contributed by atoms with Gasteiger partial charge in [0.15, 0.2) is 0 Å². The van der Waals surface area contributed by atoms with Crippen molar-refractivity contribution in [2.45, 2.75) is 6.54 Å². The molecule has 0 saturated heterocycles. The molecular weight excluding hydrogens is 553 g/mol. The number of nitrogens with zero attached hydrogens (tertiary/aromatic N) is 3. The Kier molecular flexibility index (Phi) is 7.56. The van der Waals surface area contributed by atoms with Gasteiger partial charge in [-0.15, -0.1) is 0 Å². The number of ether oxygens (including phenoxy) is 1. The molecule has 37 heavy (non-hydrogen) atoms. The van der Waals surface area contributed by atoms with Crippen LogP contribution in [0.5, 0.6) is 5.75 Å². The Bertz CT molecular complexity index is 1520. The van der Waals surface area contributed by atoms with Crippen LogP contribution >= 0.6 is 11.6 Å². The molecule has 3 aromatic carbocycles. The average Bonchev–Trinajstić information content (AvgIpc) is 3.26. The molecule has 0 amide bonds. The number of allylic oxidation sites excluding steroid dienone is 2. The number of non-ortho nitro benzene ring substituents is 1. The van der Waals surface area contributed by atoms with E-state index < -0.39 is 0 Å². The van der Waals surface area contributed by atoms with Crippen molar-refractivity contribution in [3.05, 3.63) is 117 Å². The number of para-hydroxylation sites is 1. The van der Waals surface area contributed by atoms with Crippen LogP contribution in [0.15, 0.2) is 95.7 Å². The average molecular weight is 578 g/mol. The number of alkyl halides is 1. The molecule has 2 heterocycles. The standard InChI is InChI=1S/C29H25ClN3O3Se/c1-36-24-13-14-27-28(19-24)37-29(32(27)18-16-30)8-4-5-22-15-17-31(26-7-3-2-6-25(22)26)20-21-9-11-23(12-10-21)33(34)35/h2-15,17,19H,16,18,20H2,1H3/q+1. The molecule has 5 rings (SSSR count). The SMILES string of the molecule is COc1ccc2c(c1)[Se]/C(=C/C=C/c1cc[n+](Cc3ccc([N+](=O)[O-])cc3)c3ccccc13)N2CCCl. The first-order valence-electron chi connectivity index (χ1n) is 11.8. The molecule has 186 valence electrons. The van der Waals surface area contributed by atoms with E-state index in [0.29, 0.717) is 12.4 Å². The molecule has 0 unspecified atom stereocenters. The third kappa shape index (κ3) is 5.39. The Morgan fingerprint density at radius 1 is 1.11 bits per heavy atom. The van der Waals surface area contributed by atoms with E-state index in [2.05, 4.69) is 64.2 Å². The van der Waals surface area contributed by atoms with Gasteiger partial charge in [0, 0.05) is 0 Å². The van der Waals surface area contributed by atoms with Gasteiger partial charge < -0.3 is 0 Å². The molecule has 0 atom stereocenters. The number of nitro benzene ring substituents is 1. The Labute approximate surface area is 226 Å². The molecule has 0 N–H and O–H groups in total. The van der Waals surface area contributed by atoms with Crippen LogP contribution in [0.25, 0.3) is 17.0 Å². The van der Waals surface area contributed by atoms with Crippen LogP contribution in [-0.2, 0) is 6.54 Å². The van der Waals surface area contributed by atoms with E-state index in [0.717, 1.165) is 34.3 Å². The number of methoxy groups -OCH3 is 1. The zero-order valence-electron chi connectivity index (χ0n) is 20.2. The van der Waals surface area contributed by atoms with E-state index >= 15 is 0 Å². The quantitative estimate of drug-likeness (QED) is 0.0969. The second-order valence-electron chi connectivity index (χ2n) is 8.48. The molecule has 0 aliphatic carbocycles. The maximum absolute atomic E-state index is 11.0. The number of aromatic nitrogens is 1. The van der Waals surface area contributed by atoms with Crippen LogP contribution in [0.2, 0.25) is 0 Å². The van der Waals surface area contributed by atoms with Gasteiger partial charge in [-0.25, -0.2) is 0 Å². The third-order valence-corrected chi connectivity index (χ3v) is 8.72. The van der Waals surface area contributed by atoms with Gasteiger partial charge in [0.1, 0.15) is 0 Å². The summed E-state index contributed by atoms with van der Waals surface area (Å²) >= 11 is 6.30. The van der Waals surface area contributed by atoms with Gasteiger partial charge in [-0.1, -0.05) is 0 Å². The van der Waals surface area contributed by atoms with Crippen molar-refractivity contribution in [2.75, 3.05) is 24.4 Å². The fraction of sp³-hybridized carbons (Fsp3) is 0.138. The van der Waals surface area contributed by atoms with E-state index in [1.165, 1.54) is 14.7 Å². The number of hydrogen-bond donors (Lipinski definition) is 0. The van der Waals surface area contributed by atoms with E-state index in [9.17, 15) is 10.1 Å². The van der Waals surface area contributed by atoms with E-state index in [4.69, 9.17) is 16.3 Å². The third-order valence-electron chi connectivity index (χ3n) is 6.22. The van der Waals surface area contributed by atoms with Crippen molar-refractivity contribution >= 4 is 59.4 Å². The van der Waals surface area contributed by atoms with Crippen LogP contribution in [0, 0.1) is 10.1 Å². The summed E-state index contributed by atoms with van der Waals surface area (Å²) in [7, 11) is 1.69. The van der Waals surface area contributed by atoms with Gasteiger partial charge in [0.2, 0.25) is 0 Å². The van der Waals surface area contributed by atoms with Crippen LogP contribution in [0.4, 0.5) is 11.4 Å². The van der Waals surface area contributed by atoms with Crippen molar-refractivity contribution in [3.8, 4) is 5.75 Å². The number of nitro groups is 1. The van der Waals surface area contributed by atoms with Gasteiger partial charge in [-0.3, -0.25) is 10.1 Å². The molecule has 1 aliphatic heterocycles. The van der Waals surface area contributed by atoms with Crippen molar-refractivity contribution < 1.29 is 14.2 Å². The predicted octanol–water partition coefficient (Wildman–Crippen LogP) is 5.04. The molecule has 0 saturated carbocycles. The number of halogens is 1. The molecule has 0 bridgehead atoms. The van der Waals surface area contributed by atoms with Crippen molar-refractivity contribution in [3.63, 3.8) is 0 Å². The zero-order chi connectivity index (χ0) is 25.8. The topological polar surface area (TPSA) is 59.5 Å². The predicted molar refractivity (Wildman–Crippen MR) is 150 cm³/mol. The Hall–Kier alpha value is -3.64. The molecule has 1 aliphatic rings. The van der Waals surface area contributed by atoms with Gasteiger partial charge in [-0.2, -0.15) is 0 Å². The molecule has 4 aromatic rings. The van der Waals surface area contributed by atoms with Gasteiger partial charge in [-0.05, 0) is 0 Å². The number of rotatable bonds is 8. The molecule has 0 fully saturated rings. The zero-order valence-corrected chi connectivity index (χ0v) is 22.7. The van der Waals surface area contributed by atoms with E-state index in [-0.39, 0.29) is 25.6 Å². The fourth-order valence-electron chi connectivity index (χ4n) is 4.40. The summed E-state index contributed by atoms with van der Waals surface area (Å²) in [4.78, 5) is 12.9. The van der Waals surface area contributed by atoms with Crippen molar-refractivity contribution in [2.24, 2.45) is 0 Å². The summed E-state index contributed by atoms with van der Waals surface area (Å²) < 4.78 is 10.1. The normalized spacial score (nSPS) is 14.0. The van der Waals surface area contributed by atoms with Crippen LogP contribution < -0.4 is 18.7 Å². The van der Waals surface area contributed by atoms with Gasteiger partial charge in [0.25, 0.3) is 5.69 Å². The minimum absolute atomic E-state index is 0.101. The summed E-state index contributed by atoms with van der Waals surface area (Å²) in [6.07, 6.45) is 8.51. The molecule has 0 radical (unpaired) electrons. The Morgan fingerprint density at radius 3 is 2.68 bits per heavy atom. The number of benzene rings is 3. The maximum atomic E-state index is 11.0. The number of pyridine rings is 1. The van der Waals surface area contributed by atoms with Crippen LogP contribution in [-0.4, -0.2) is 39.4 Å². The summed E-state index contributed by atoms with van der Waals surface area (Å²) in [5, 5.41) is 12.1. The van der Waals surface area contributed by atoms with Crippen LogP contribution in [0.3, 0.4) is 0 Å². The summed E-state index contributed by atoms with van der Waals surface area (Å²) in [6.45, 7) is 1.39. The second kappa shape index (κ2) is 11.2. The number of hydrogen-bond acceptors (Lipinski definition) is 4. The Balaban J connectivity index is 1.41.